The molecule has 0 radical (unpaired) electrons. The lowest BCUT2D eigenvalue weighted by molar-refractivity contribution is 0.0944. The summed E-state index contributed by atoms with van der Waals surface area (Å²) in [6.45, 7) is 6.89. The van der Waals surface area contributed by atoms with Crippen LogP contribution >= 0.6 is 0 Å². The Morgan fingerprint density at radius 2 is 1.81 bits per heavy atom. The first-order valence-electron chi connectivity index (χ1n) is 11.4. The summed E-state index contributed by atoms with van der Waals surface area (Å²) in [6, 6.07) is 12.7. The highest BCUT2D eigenvalue weighted by Gasteiger charge is 2.32. The van der Waals surface area contributed by atoms with Crippen LogP contribution in [-0.4, -0.2) is 28.4 Å². The van der Waals surface area contributed by atoms with Crippen molar-refractivity contribution in [3.63, 3.8) is 0 Å². The molecule has 2 aliphatic rings. The van der Waals surface area contributed by atoms with E-state index in [2.05, 4.69) is 51.6 Å². The Morgan fingerprint density at radius 3 is 2.48 bits per heavy atom. The number of nitrogens with one attached hydrogen (secondary N) is 1. The van der Waals surface area contributed by atoms with Crippen molar-refractivity contribution >= 4 is 17.2 Å². The van der Waals surface area contributed by atoms with E-state index in [1.807, 2.05) is 36.6 Å². The van der Waals surface area contributed by atoms with E-state index < -0.39 is 0 Å². The highest BCUT2D eigenvalue weighted by Crippen LogP contribution is 2.35. The maximum atomic E-state index is 13.0. The molecule has 1 amide bonds. The van der Waals surface area contributed by atoms with Gasteiger partial charge in [0.15, 0.2) is 0 Å². The normalized spacial score (nSPS) is 20.3. The summed E-state index contributed by atoms with van der Waals surface area (Å²) in [5.41, 5.74) is 5.84. The number of benzene rings is 1. The van der Waals surface area contributed by atoms with Crippen LogP contribution in [0.25, 0.3) is 5.65 Å². The second-order valence-corrected chi connectivity index (χ2v) is 8.91. The average Bonchev–Trinajstić information content (AvgIpc) is 3.38. The van der Waals surface area contributed by atoms with E-state index in [4.69, 9.17) is 0 Å². The molecule has 1 aliphatic carbocycles. The highest BCUT2D eigenvalue weighted by atomic mass is 16.1. The number of amides is 1. The molecule has 1 saturated heterocycles. The van der Waals surface area contributed by atoms with Crippen molar-refractivity contribution in [3.8, 4) is 0 Å². The van der Waals surface area contributed by atoms with Gasteiger partial charge in [0, 0.05) is 31.5 Å². The zero-order valence-electron chi connectivity index (χ0n) is 18.3. The lowest BCUT2D eigenvalue weighted by atomic mass is 9.86. The van der Waals surface area contributed by atoms with E-state index >= 15 is 0 Å². The zero-order chi connectivity index (χ0) is 21.4. The van der Waals surface area contributed by atoms with E-state index in [1.54, 1.807) is 0 Å². The first kappa shape index (κ1) is 19.9. The van der Waals surface area contributed by atoms with Crippen molar-refractivity contribution in [2.45, 2.75) is 39.7 Å². The minimum absolute atomic E-state index is 0.0756. The molecule has 0 bridgehead atoms. The quantitative estimate of drug-likeness (QED) is 0.624. The van der Waals surface area contributed by atoms with Gasteiger partial charge in [-0.2, -0.15) is 0 Å². The fourth-order valence-electron chi connectivity index (χ4n) is 5.00. The number of carbonyl (C=O) groups excluding carboxylic acids is 1. The minimum atomic E-state index is -0.0756. The molecule has 0 spiro atoms. The van der Waals surface area contributed by atoms with Crippen LogP contribution in [0.2, 0.25) is 0 Å². The number of allylic oxidation sites excluding steroid dienone is 2. The van der Waals surface area contributed by atoms with Crippen LogP contribution in [0.4, 0.5) is 5.69 Å². The smallest absolute Gasteiger partial charge is 0.270 e. The van der Waals surface area contributed by atoms with Crippen LogP contribution in [0, 0.1) is 18.8 Å². The van der Waals surface area contributed by atoms with Crippen LogP contribution in [0.1, 0.15) is 47.1 Å². The molecule has 3 heterocycles. The maximum Gasteiger partial charge on any atom is 0.270 e. The van der Waals surface area contributed by atoms with E-state index in [0.717, 1.165) is 53.8 Å². The van der Waals surface area contributed by atoms with Gasteiger partial charge in [0.2, 0.25) is 0 Å². The summed E-state index contributed by atoms with van der Waals surface area (Å²) in [5, 5.41) is 3.09. The van der Waals surface area contributed by atoms with Gasteiger partial charge in [-0.25, -0.2) is 4.98 Å². The summed E-state index contributed by atoms with van der Waals surface area (Å²) >= 11 is 0. The summed E-state index contributed by atoms with van der Waals surface area (Å²) in [7, 11) is 0. The number of imidazole rings is 1. The molecule has 31 heavy (non-hydrogen) atoms. The molecule has 160 valence electrons. The summed E-state index contributed by atoms with van der Waals surface area (Å²) < 4.78 is 1.89. The molecular weight excluding hydrogens is 384 g/mol. The number of fused-ring (bicyclic) bond motifs is 2. The third-order valence-electron chi connectivity index (χ3n) is 6.78. The number of nitrogens with zero attached hydrogens (tertiary/aromatic N) is 3. The third kappa shape index (κ3) is 3.85. The fourth-order valence-corrected chi connectivity index (χ4v) is 5.00. The Balaban J connectivity index is 1.25. The van der Waals surface area contributed by atoms with Gasteiger partial charge in [0.1, 0.15) is 11.3 Å². The van der Waals surface area contributed by atoms with Crippen LogP contribution in [-0.2, 0) is 13.0 Å². The number of rotatable bonds is 5. The Kier molecular flexibility index (Phi) is 5.26. The maximum absolute atomic E-state index is 13.0. The van der Waals surface area contributed by atoms with E-state index in [1.165, 1.54) is 18.5 Å². The molecule has 1 aliphatic heterocycles. The van der Waals surface area contributed by atoms with E-state index in [0.29, 0.717) is 12.2 Å². The second kappa shape index (κ2) is 8.22. The highest BCUT2D eigenvalue weighted by molar-refractivity contribution is 5.94. The van der Waals surface area contributed by atoms with Gasteiger partial charge in [-0.3, -0.25) is 9.20 Å². The lowest BCUT2D eigenvalue weighted by Crippen LogP contribution is -2.25. The van der Waals surface area contributed by atoms with Gasteiger partial charge in [-0.15, -0.1) is 0 Å². The predicted molar refractivity (Wildman–Crippen MR) is 124 cm³/mol. The van der Waals surface area contributed by atoms with E-state index in [9.17, 15) is 4.79 Å². The van der Waals surface area contributed by atoms with Crippen molar-refractivity contribution < 1.29 is 4.79 Å². The monoisotopic (exact) mass is 414 g/mol. The summed E-state index contributed by atoms with van der Waals surface area (Å²) in [4.78, 5) is 20.2. The van der Waals surface area contributed by atoms with Crippen LogP contribution in [0.5, 0.6) is 0 Å². The SMILES string of the molecule is CCc1nc2cc(C)ccn2c1C(=O)NCc1ccc(N2CC3CC=CCC3C2)cc1. The molecule has 2 atom stereocenters. The minimum Gasteiger partial charge on any atom is -0.371 e. The van der Waals surface area contributed by atoms with Gasteiger partial charge in [0.25, 0.3) is 5.91 Å². The molecule has 3 aromatic rings. The molecule has 5 nitrogen and oxygen atoms in total. The summed E-state index contributed by atoms with van der Waals surface area (Å²) in [6.07, 6.45) is 9.77. The molecule has 5 heteroatoms. The topological polar surface area (TPSA) is 49.6 Å². The fraction of sp³-hybridized carbons (Fsp3) is 0.385. The first-order valence-corrected chi connectivity index (χ1v) is 11.4. The van der Waals surface area contributed by atoms with Gasteiger partial charge < -0.3 is 10.2 Å². The average molecular weight is 415 g/mol. The molecule has 2 unspecified atom stereocenters. The zero-order valence-corrected chi connectivity index (χ0v) is 18.3. The number of hydrogen-bond acceptors (Lipinski definition) is 3. The van der Waals surface area contributed by atoms with Crippen LogP contribution < -0.4 is 10.2 Å². The molecule has 1 N–H and O–H groups in total. The number of carbonyl (C=O) groups is 1. The van der Waals surface area contributed by atoms with E-state index in [-0.39, 0.29) is 5.91 Å². The molecule has 2 aromatic heterocycles. The first-order chi connectivity index (χ1) is 15.1. The summed E-state index contributed by atoms with van der Waals surface area (Å²) in [5.74, 6) is 1.52. The number of aryl methyl sites for hydroxylation is 2. The van der Waals surface area contributed by atoms with Crippen molar-refractivity contribution in [1.29, 1.82) is 0 Å². The van der Waals surface area contributed by atoms with Gasteiger partial charge in [-0.05, 0) is 73.4 Å². The Morgan fingerprint density at radius 1 is 1.10 bits per heavy atom. The third-order valence-corrected chi connectivity index (χ3v) is 6.78. The molecular formula is C26H30N4O. The van der Waals surface area contributed by atoms with Gasteiger partial charge in [-0.1, -0.05) is 31.2 Å². The molecule has 1 aromatic carbocycles. The second-order valence-electron chi connectivity index (χ2n) is 8.91. The molecule has 1 fully saturated rings. The standard InChI is InChI=1S/C26H30N4O/c1-3-23-25(30-13-12-18(2)14-24(30)28-23)26(31)27-15-19-8-10-22(11-9-19)29-16-20-6-4-5-7-21(20)17-29/h4-5,8-14,20-21H,3,6-7,15-17H2,1-2H3,(H,27,31). The van der Waals surface area contributed by atoms with Crippen molar-refractivity contribution in [3.05, 3.63) is 77.3 Å². The Bertz CT molecular complexity index is 1110. The van der Waals surface area contributed by atoms with Crippen molar-refractivity contribution in [2.24, 2.45) is 11.8 Å². The number of pyridine rings is 1. The van der Waals surface area contributed by atoms with Gasteiger partial charge >= 0.3 is 0 Å². The van der Waals surface area contributed by atoms with Crippen molar-refractivity contribution in [1.82, 2.24) is 14.7 Å². The predicted octanol–water partition coefficient (Wildman–Crippen LogP) is 4.54. The largest absolute Gasteiger partial charge is 0.371 e. The van der Waals surface area contributed by atoms with Crippen LogP contribution in [0.15, 0.2) is 54.7 Å². The van der Waals surface area contributed by atoms with Crippen molar-refractivity contribution in [2.75, 3.05) is 18.0 Å². The lowest BCUT2D eigenvalue weighted by Gasteiger charge is -2.19. The Hall–Kier alpha value is -3.08. The van der Waals surface area contributed by atoms with Gasteiger partial charge in [0.05, 0.1) is 5.69 Å². The molecule has 0 saturated carbocycles. The van der Waals surface area contributed by atoms with Crippen LogP contribution in [0.3, 0.4) is 0 Å². The molecule has 5 rings (SSSR count). The number of hydrogen-bond donors (Lipinski definition) is 1. The number of anilines is 1. The number of aromatic nitrogens is 2. The Labute approximate surface area is 183 Å².